The molecular weight excluding hydrogens is 176 g/mol. The third kappa shape index (κ3) is 2.59. The lowest BCUT2D eigenvalue weighted by atomic mass is 9.95. The van der Waals surface area contributed by atoms with E-state index in [4.69, 9.17) is 4.74 Å². The van der Waals surface area contributed by atoms with Crippen LogP contribution in [0.3, 0.4) is 0 Å². The molecule has 0 saturated carbocycles. The van der Waals surface area contributed by atoms with Crippen molar-refractivity contribution in [2.24, 2.45) is 0 Å². The molecule has 0 spiro atoms. The standard InChI is InChI=1S/C12H16O2/c1-3-7-11(12(13)14-2)10-8-5-4-6-9-10/h4-6,8-9,11H,3,7H2,1-2H3. The molecule has 0 aromatic heterocycles. The summed E-state index contributed by atoms with van der Waals surface area (Å²) in [5.74, 6) is -0.246. The summed E-state index contributed by atoms with van der Waals surface area (Å²) in [4.78, 5) is 11.5. The Hall–Kier alpha value is -1.31. The summed E-state index contributed by atoms with van der Waals surface area (Å²) in [5.41, 5.74) is 1.04. The van der Waals surface area contributed by atoms with Crippen LogP contribution >= 0.6 is 0 Å². The van der Waals surface area contributed by atoms with Gasteiger partial charge in [-0.05, 0) is 12.0 Å². The molecule has 76 valence electrons. The minimum absolute atomic E-state index is 0.105. The molecule has 2 heteroatoms. The average Bonchev–Trinajstić information content (AvgIpc) is 2.26. The molecule has 0 amide bonds. The van der Waals surface area contributed by atoms with Crippen molar-refractivity contribution in [3.63, 3.8) is 0 Å². The number of hydrogen-bond donors (Lipinski definition) is 0. The molecule has 1 aromatic rings. The Bertz CT molecular complexity index is 280. The van der Waals surface area contributed by atoms with Crippen LogP contribution in [0.25, 0.3) is 0 Å². The third-order valence-corrected chi connectivity index (χ3v) is 2.26. The van der Waals surface area contributed by atoms with Gasteiger partial charge >= 0.3 is 5.97 Å². The molecule has 0 aliphatic rings. The second kappa shape index (κ2) is 5.43. The van der Waals surface area contributed by atoms with E-state index < -0.39 is 0 Å². The molecule has 1 rings (SSSR count). The summed E-state index contributed by atoms with van der Waals surface area (Å²) < 4.78 is 4.78. The fourth-order valence-electron chi connectivity index (χ4n) is 1.54. The second-order valence-corrected chi connectivity index (χ2v) is 3.28. The first-order valence-corrected chi connectivity index (χ1v) is 4.92. The molecule has 14 heavy (non-hydrogen) atoms. The van der Waals surface area contributed by atoms with Gasteiger partial charge in [-0.25, -0.2) is 0 Å². The first-order chi connectivity index (χ1) is 6.79. The lowest BCUT2D eigenvalue weighted by Crippen LogP contribution is -2.13. The first kappa shape index (κ1) is 10.8. The van der Waals surface area contributed by atoms with Crippen LogP contribution in [-0.4, -0.2) is 13.1 Å². The Morgan fingerprint density at radius 2 is 2.00 bits per heavy atom. The maximum atomic E-state index is 11.5. The molecule has 0 saturated heterocycles. The van der Waals surface area contributed by atoms with Crippen LogP contribution in [0.4, 0.5) is 0 Å². The van der Waals surface area contributed by atoms with E-state index in [2.05, 4.69) is 6.92 Å². The highest BCUT2D eigenvalue weighted by Gasteiger charge is 2.19. The molecule has 1 unspecified atom stereocenters. The number of rotatable bonds is 4. The molecular formula is C12H16O2. The minimum atomic E-state index is -0.141. The highest BCUT2D eigenvalue weighted by molar-refractivity contribution is 5.77. The fourth-order valence-corrected chi connectivity index (χ4v) is 1.54. The van der Waals surface area contributed by atoms with Gasteiger partial charge in [0.15, 0.2) is 0 Å². The van der Waals surface area contributed by atoms with Gasteiger partial charge in [-0.3, -0.25) is 4.79 Å². The largest absolute Gasteiger partial charge is 0.469 e. The van der Waals surface area contributed by atoms with Crippen LogP contribution in [-0.2, 0) is 9.53 Å². The third-order valence-electron chi connectivity index (χ3n) is 2.26. The molecule has 1 aromatic carbocycles. The number of hydrogen-bond acceptors (Lipinski definition) is 2. The Morgan fingerprint density at radius 1 is 1.36 bits per heavy atom. The average molecular weight is 192 g/mol. The highest BCUT2D eigenvalue weighted by Crippen LogP contribution is 2.22. The molecule has 0 heterocycles. The van der Waals surface area contributed by atoms with Crippen LogP contribution in [0.1, 0.15) is 31.2 Å². The van der Waals surface area contributed by atoms with Crippen LogP contribution < -0.4 is 0 Å². The fraction of sp³-hybridized carbons (Fsp3) is 0.417. The molecule has 2 nitrogen and oxygen atoms in total. The summed E-state index contributed by atoms with van der Waals surface area (Å²) in [6.07, 6.45) is 1.82. The number of carbonyl (C=O) groups excluding carboxylic acids is 1. The number of carbonyl (C=O) groups is 1. The van der Waals surface area contributed by atoms with E-state index in [0.717, 1.165) is 18.4 Å². The lowest BCUT2D eigenvalue weighted by Gasteiger charge is -2.13. The van der Waals surface area contributed by atoms with Gasteiger partial charge < -0.3 is 4.74 Å². The van der Waals surface area contributed by atoms with Crippen molar-refractivity contribution in [1.29, 1.82) is 0 Å². The molecule has 0 fully saturated rings. The SMILES string of the molecule is CCCC(C(=O)OC)c1ccccc1. The molecule has 0 bridgehead atoms. The van der Waals surface area contributed by atoms with Crippen LogP contribution in [0, 0.1) is 0 Å². The summed E-state index contributed by atoms with van der Waals surface area (Å²) >= 11 is 0. The smallest absolute Gasteiger partial charge is 0.313 e. The monoisotopic (exact) mass is 192 g/mol. The van der Waals surface area contributed by atoms with Gasteiger partial charge in [0.1, 0.15) is 0 Å². The van der Waals surface area contributed by atoms with Crippen molar-refractivity contribution >= 4 is 5.97 Å². The van der Waals surface area contributed by atoms with Gasteiger partial charge in [0.05, 0.1) is 13.0 Å². The van der Waals surface area contributed by atoms with E-state index in [9.17, 15) is 4.79 Å². The number of methoxy groups -OCH3 is 1. The van der Waals surface area contributed by atoms with Gasteiger partial charge in [0.25, 0.3) is 0 Å². The van der Waals surface area contributed by atoms with E-state index in [1.165, 1.54) is 7.11 Å². The van der Waals surface area contributed by atoms with Crippen molar-refractivity contribution in [3.8, 4) is 0 Å². The summed E-state index contributed by atoms with van der Waals surface area (Å²) in [7, 11) is 1.44. The minimum Gasteiger partial charge on any atom is -0.469 e. The summed E-state index contributed by atoms with van der Waals surface area (Å²) in [6, 6.07) is 9.78. The van der Waals surface area contributed by atoms with Crippen molar-refractivity contribution in [2.75, 3.05) is 7.11 Å². The van der Waals surface area contributed by atoms with Gasteiger partial charge in [0, 0.05) is 0 Å². The Kier molecular flexibility index (Phi) is 4.17. The molecule has 0 radical (unpaired) electrons. The number of ether oxygens (including phenoxy) is 1. The van der Waals surface area contributed by atoms with E-state index in [0.29, 0.717) is 0 Å². The zero-order chi connectivity index (χ0) is 10.4. The highest BCUT2D eigenvalue weighted by atomic mass is 16.5. The first-order valence-electron chi connectivity index (χ1n) is 4.92. The predicted octanol–water partition coefficient (Wildman–Crippen LogP) is 2.74. The van der Waals surface area contributed by atoms with Crippen LogP contribution in [0.15, 0.2) is 30.3 Å². The van der Waals surface area contributed by atoms with Gasteiger partial charge in [-0.2, -0.15) is 0 Å². The van der Waals surface area contributed by atoms with Crippen molar-refractivity contribution < 1.29 is 9.53 Å². The van der Waals surface area contributed by atoms with Gasteiger partial charge in [-0.15, -0.1) is 0 Å². The van der Waals surface area contributed by atoms with Crippen molar-refractivity contribution in [3.05, 3.63) is 35.9 Å². The zero-order valence-corrected chi connectivity index (χ0v) is 8.69. The van der Waals surface area contributed by atoms with Gasteiger partial charge in [0.2, 0.25) is 0 Å². The van der Waals surface area contributed by atoms with Crippen molar-refractivity contribution in [2.45, 2.75) is 25.7 Å². The van der Waals surface area contributed by atoms with E-state index in [-0.39, 0.29) is 11.9 Å². The maximum Gasteiger partial charge on any atom is 0.313 e. The Labute approximate surface area is 84.9 Å². The summed E-state index contributed by atoms with van der Waals surface area (Å²) in [6.45, 7) is 2.07. The molecule has 0 N–H and O–H groups in total. The molecule has 0 aliphatic heterocycles. The summed E-state index contributed by atoms with van der Waals surface area (Å²) in [5, 5.41) is 0. The van der Waals surface area contributed by atoms with Crippen LogP contribution in [0.5, 0.6) is 0 Å². The normalized spacial score (nSPS) is 12.1. The predicted molar refractivity (Wildman–Crippen MR) is 56.1 cm³/mol. The maximum absolute atomic E-state index is 11.5. The number of esters is 1. The molecule has 1 atom stereocenters. The quantitative estimate of drug-likeness (QED) is 0.686. The van der Waals surface area contributed by atoms with Crippen LogP contribution in [0.2, 0.25) is 0 Å². The topological polar surface area (TPSA) is 26.3 Å². The molecule has 0 aliphatic carbocycles. The van der Waals surface area contributed by atoms with E-state index in [1.54, 1.807) is 0 Å². The Morgan fingerprint density at radius 3 is 2.50 bits per heavy atom. The van der Waals surface area contributed by atoms with Crippen molar-refractivity contribution in [1.82, 2.24) is 0 Å². The lowest BCUT2D eigenvalue weighted by molar-refractivity contribution is -0.142. The second-order valence-electron chi connectivity index (χ2n) is 3.28. The van der Waals surface area contributed by atoms with Gasteiger partial charge in [-0.1, -0.05) is 43.7 Å². The number of benzene rings is 1. The zero-order valence-electron chi connectivity index (χ0n) is 8.69. The van der Waals surface area contributed by atoms with E-state index in [1.807, 2.05) is 30.3 Å². The Balaban J connectivity index is 2.83. The van der Waals surface area contributed by atoms with E-state index >= 15 is 0 Å².